The zero-order valence-corrected chi connectivity index (χ0v) is 20.6. The van der Waals surface area contributed by atoms with Crippen molar-refractivity contribution in [3.63, 3.8) is 0 Å². The fourth-order valence-electron chi connectivity index (χ4n) is 4.45. The molecule has 1 atom stereocenters. The molecule has 4 rings (SSSR count). The van der Waals surface area contributed by atoms with Gasteiger partial charge in [-0.1, -0.05) is 26.0 Å². The van der Waals surface area contributed by atoms with Gasteiger partial charge in [0, 0.05) is 50.6 Å². The molecule has 3 aromatic rings. The first-order valence-electron chi connectivity index (χ1n) is 12.2. The van der Waals surface area contributed by atoms with Gasteiger partial charge in [-0.25, -0.2) is 0 Å². The molecule has 0 fully saturated rings. The number of pyridine rings is 1. The van der Waals surface area contributed by atoms with Crippen molar-refractivity contribution >= 4 is 5.91 Å². The maximum absolute atomic E-state index is 12.9. The highest BCUT2D eigenvalue weighted by Gasteiger charge is 2.26. The highest BCUT2D eigenvalue weighted by Crippen LogP contribution is 2.31. The van der Waals surface area contributed by atoms with Crippen molar-refractivity contribution in [2.75, 3.05) is 19.7 Å². The molecular formula is C26H34N6O3. The Labute approximate surface area is 206 Å². The van der Waals surface area contributed by atoms with Crippen molar-refractivity contribution in [2.24, 2.45) is 5.92 Å². The largest absolute Gasteiger partial charge is 0.504 e. The van der Waals surface area contributed by atoms with Gasteiger partial charge in [0.25, 0.3) is 5.91 Å². The van der Waals surface area contributed by atoms with Crippen LogP contribution in [0, 0.1) is 5.92 Å². The topological polar surface area (TPSA) is 105 Å². The van der Waals surface area contributed by atoms with Crippen LogP contribution in [0.4, 0.5) is 0 Å². The lowest BCUT2D eigenvalue weighted by molar-refractivity contribution is 0.0928. The van der Waals surface area contributed by atoms with Crippen LogP contribution in [-0.4, -0.2) is 55.4 Å². The van der Waals surface area contributed by atoms with Crippen LogP contribution in [0.2, 0.25) is 0 Å². The molecule has 9 nitrogen and oxygen atoms in total. The number of nitrogens with one attached hydrogen (secondary N) is 1. The molecule has 2 N–H and O–H groups in total. The van der Waals surface area contributed by atoms with Crippen LogP contribution in [0.15, 0.2) is 42.7 Å². The van der Waals surface area contributed by atoms with E-state index in [9.17, 15) is 9.90 Å². The summed E-state index contributed by atoms with van der Waals surface area (Å²) < 4.78 is 7.68. The normalized spacial score (nSPS) is 14.9. The van der Waals surface area contributed by atoms with Gasteiger partial charge in [-0.05, 0) is 37.5 Å². The summed E-state index contributed by atoms with van der Waals surface area (Å²) in [6, 6.07) is 8.89. The molecule has 0 bridgehead atoms. The molecule has 3 heterocycles. The second-order valence-electron chi connectivity index (χ2n) is 9.25. The number of aromatic nitrogens is 4. The number of phenols is 1. The summed E-state index contributed by atoms with van der Waals surface area (Å²) in [5.41, 5.74) is 1.37. The van der Waals surface area contributed by atoms with Crippen LogP contribution in [-0.2, 0) is 19.5 Å². The molecule has 1 amide bonds. The fourth-order valence-corrected chi connectivity index (χ4v) is 4.45. The summed E-state index contributed by atoms with van der Waals surface area (Å²) in [7, 11) is 0. The lowest BCUT2D eigenvalue weighted by Crippen LogP contribution is -2.32. The van der Waals surface area contributed by atoms with Crippen LogP contribution >= 0.6 is 0 Å². The Morgan fingerprint density at radius 3 is 2.77 bits per heavy atom. The SMILES string of the molecule is CCOc1cccc(CN2CCc3nnc([C@H](CC(C)C)NC(=O)c4cccnc4)n3CC2)c1O. The highest BCUT2D eigenvalue weighted by atomic mass is 16.5. The number of carbonyl (C=O) groups is 1. The quantitative estimate of drug-likeness (QED) is 0.486. The number of rotatable bonds is 9. The van der Waals surface area contributed by atoms with Gasteiger partial charge in [0.1, 0.15) is 5.82 Å². The number of nitrogens with zero attached hydrogens (tertiary/aromatic N) is 5. The van der Waals surface area contributed by atoms with E-state index in [0.29, 0.717) is 36.9 Å². The van der Waals surface area contributed by atoms with E-state index in [-0.39, 0.29) is 17.7 Å². The Kier molecular flexibility index (Phi) is 7.97. The van der Waals surface area contributed by atoms with E-state index in [0.717, 1.165) is 43.1 Å². The van der Waals surface area contributed by atoms with Crippen LogP contribution in [0.25, 0.3) is 0 Å². The van der Waals surface area contributed by atoms with Crippen molar-refractivity contribution in [1.29, 1.82) is 0 Å². The Hall–Kier alpha value is -3.46. The smallest absolute Gasteiger partial charge is 0.253 e. The number of amides is 1. The summed E-state index contributed by atoms with van der Waals surface area (Å²) in [6.45, 7) is 9.58. The van der Waals surface area contributed by atoms with Crippen molar-refractivity contribution < 1.29 is 14.6 Å². The molecule has 0 aliphatic carbocycles. The predicted octanol–water partition coefficient (Wildman–Crippen LogP) is 3.35. The lowest BCUT2D eigenvalue weighted by Gasteiger charge is -2.23. The molecule has 1 aromatic carbocycles. The maximum Gasteiger partial charge on any atom is 0.253 e. The number of benzene rings is 1. The lowest BCUT2D eigenvalue weighted by atomic mass is 10.0. The molecule has 0 spiro atoms. The number of ether oxygens (including phenoxy) is 1. The van der Waals surface area contributed by atoms with E-state index in [1.165, 1.54) is 0 Å². The van der Waals surface area contributed by atoms with Gasteiger partial charge in [0.2, 0.25) is 0 Å². The van der Waals surface area contributed by atoms with Gasteiger partial charge in [0.05, 0.1) is 18.2 Å². The van der Waals surface area contributed by atoms with E-state index < -0.39 is 0 Å². The zero-order chi connectivity index (χ0) is 24.8. The van der Waals surface area contributed by atoms with Crippen molar-refractivity contribution in [3.8, 4) is 11.5 Å². The second-order valence-corrected chi connectivity index (χ2v) is 9.25. The van der Waals surface area contributed by atoms with Gasteiger partial charge in [-0.3, -0.25) is 14.7 Å². The van der Waals surface area contributed by atoms with Crippen LogP contribution in [0.5, 0.6) is 11.5 Å². The molecule has 0 saturated carbocycles. The molecule has 2 aromatic heterocycles. The zero-order valence-electron chi connectivity index (χ0n) is 20.6. The molecule has 9 heteroatoms. The van der Waals surface area contributed by atoms with Crippen LogP contribution < -0.4 is 10.1 Å². The number of para-hydroxylation sites is 1. The third-order valence-corrected chi connectivity index (χ3v) is 6.17. The van der Waals surface area contributed by atoms with Gasteiger partial charge in [-0.15, -0.1) is 10.2 Å². The van der Waals surface area contributed by atoms with Crippen molar-refractivity contribution in [2.45, 2.75) is 52.7 Å². The van der Waals surface area contributed by atoms with E-state index in [2.05, 4.69) is 43.8 Å². The first-order valence-corrected chi connectivity index (χ1v) is 12.2. The summed E-state index contributed by atoms with van der Waals surface area (Å²) in [5, 5.41) is 22.7. The van der Waals surface area contributed by atoms with E-state index >= 15 is 0 Å². The van der Waals surface area contributed by atoms with E-state index in [4.69, 9.17) is 4.74 Å². The fraction of sp³-hybridized carbons (Fsp3) is 0.462. The summed E-state index contributed by atoms with van der Waals surface area (Å²) >= 11 is 0. The van der Waals surface area contributed by atoms with Crippen molar-refractivity contribution in [1.82, 2.24) is 30.0 Å². The standard InChI is InChI=1S/C26H34N6O3/c1-4-35-22-9-5-7-20(24(22)33)17-31-12-10-23-29-30-25(32(23)14-13-31)21(15-18(2)3)28-26(34)19-8-6-11-27-16-19/h5-9,11,16,18,21,33H,4,10,12-15,17H2,1-3H3,(H,28,34)/t21-/m0/s1. The minimum Gasteiger partial charge on any atom is -0.504 e. The second kappa shape index (κ2) is 11.3. The summed E-state index contributed by atoms with van der Waals surface area (Å²) in [6.07, 6.45) is 4.72. The van der Waals surface area contributed by atoms with E-state index in [1.54, 1.807) is 30.6 Å². The minimum absolute atomic E-state index is 0.166. The third kappa shape index (κ3) is 5.97. The van der Waals surface area contributed by atoms with E-state index in [1.807, 2.05) is 19.1 Å². The highest BCUT2D eigenvalue weighted by molar-refractivity contribution is 5.94. The van der Waals surface area contributed by atoms with Gasteiger partial charge < -0.3 is 19.7 Å². The molecule has 0 unspecified atom stereocenters. The Balaban J connectivity index is 1.49. The molecule has 1 aliphatic rings. The Morgan fingerprint density at radius 1 is 1.17 bits per heavy atom. The molecule has 1 aliphatic heterocycles. The van der Waals surface area contributed by atoms with Crippen molar-refractivity contribution in [3.05, 3.63) is 65.5 Å². The molecule has 35 heavy (non-hydrogen) atoms. The van der Waals surface area contributed by atoms with Crippen LogP contribution in [0.3, 0.4) is 0 Å². The molecule has 186 valence electrons. The number of hydrogen-bond acceptors (Lipinski definition) is 7. The Bertz CT molecular complexity index is 1130. The minimum atomic E-state index is -0.248. The average molecular weight is 479 g/mol. The van der Waals surface area contributed by atoms with Crippen LogP contribution in [0.1, 0.15) is 60.8 Å². The number of hydrogen-bond donors (Lipinski definition) is 2. The van der Waals surface area contributed by atoms with Gasteiger partial charge >= 0.3 is 0 Å². The predicted molar refractivity (Wildman–Crippen MR) is 132 cm³/mol. The monoisotopic (exact) mass is 478 g/mol. The number of aromatic hydroxyl groups is 1. The number of carbonyl (C=O) groups excluding carboxylic acids is 1. The van der Waals surface area contributed by atoms with Gasteiger partial charge in [0.15, 0.2) is 17.3 Å². The Morgan fingerprint density at radius 2 is 2.03 bits per heavy atom. The number of phenolic OH excluding ortho intramolecular Hbond substituents is 1. The summed E-state index contributed by atoms with van der Waals surface area (Å²) in [5.74, 6) is 2.62. The maximum atomic E-state index is 12.9. The average Bonchev–Trinajstić information content (AvgIpc) is 3.15. The third-order valence-electron chi connectivity index (χ3n) is 6.17. The first-order chi connectivity index (χ1) is 17.0. The molecular weight excluding hydrogens is 444 g/mol. The molecule has 0 radical (unpaired) electrons. The summed E-state index contributed by atoms with van der Waals surface area (Å²) in [4.78, 5) is 19.2. The molecule has 0 saturated heterocycles. The number of fused-ring (bicyclic) bond motifs is 1. The first kappa shape index (κ1) is 24.7. The van der Waals surface area contributed by atoms with Gasteiger partial charge in [-0.2, -0.15) is 0 Å².